The molecule has 0 aliphatic carbocycles. The SMILES string of the molecule is O=C(O)[C@@H]1c2nc[nH]c2CCN1C(=O)CCc1nc2ccccc2s1. The molecule has 25 heavy (non-hydrogen) atoms. The Morgan fingerprint density at radius 3 is 3.00 bits per heavy atom. The molecule has 0 spiro atoms. The number of rotatable bonds is 4. The number of aromatic nitrogens is 3. The van der Waals surface area contributed by atoms with Gasteiger partial charge in [0.15, 0.2) is 6.04 Å². The van der Waals surface area contributed by atoms with Crippen LogP contribution in [-0.4, -0.2) is 43.4 Å². The minimum atomic E-state index is -1.05. The van der Waals surface area contributed by atoms with Gasteiger partial charge in [0.25, 0.3) is 0 Å². The molecule has 1 amide bonds. The highest BCUT2D eigenvalue weighted by Gasteiger charge is 2.37. The van der Waals surface area contributed by atoms with Crippen molar-refractivity contribution in [2.75, 3.05) is 6.54 Å². The summed E-state index contributed by atoms with van der Waals surface area (Å²) in [6.45, 7) is 0.380. The summed E-state index contributed by atoms with van der Waals surface area (Å²) in [7, 11) is 0. The fraction of sp³-hybridized carbons (Fsp3) is 0.294. The van der Waals surface area contributed by atoms with Crippen molar-refractivity contribution < 1.29 is 14.7 Å². The number of para-hydroxylation sites is 1. The maximum atomic E-state index is 12.6. The van der Waals surface area contributed by atoms with Crippen molar-refractivity contribution >= 4 is 33.4 Å². The van der Waals surface area contributed by atoms with E-state index in [4.69, 9.17) is 0 Å². The second-order valence-electron chi connectivity index (χ2n) is 5.92. The molecule has 0 unspecified atom stereocenters. The summed E-state index contributed by atoms with van der Waals surface area (Å²) in [4.78, 5) is 37.3. The third-order valence-corrected chi connectivity index (χ3v) is 5.47. The van der Waals surface area contributed by atoms with Crippen LogP contribution in [0, 0.1) is 0 Å². The number of carbonyl (C=O) groups excluding carboxylic acids is 1. The summed E-state index contributed by atoms with van der Waals surface area (Å²) in [5, 5.41) is 10.4. The van der Waals surface area contributed by atoms with Gasteiger partial charge in [-0.15, -0.1) is 11.3 Å². The van der Waals surface area contributed by atoms with Gasteiger partial charge in [0.2, 0.25) is 5.91 Å². The number of hydrogen-bond acceptors (Lipinski definition) is 5. The number of thiazole rings is 1. The minimum absolute atomic E-state index is 0.180. The van der Waals surface area contributed by atoms with Crippen LogP contribution in [0.25, 0.3) is 10.2 Å². The van der Waals surface area contributed by atoms with Crippen LogP contribution >= 0.6 is 11.3 Å². The topological polar surface area (TPSA) is 99.2 Å². The zero-order chi connectivity index (χ0) is 17.4. The number of amides is 1. The van der Waals surface area contributed by atoms with Gasteiger partial charge < -0.3 is 15.0 Å². The van der Waals surface area contributed by atoms with Gasteiger partial charge in [0, 0.05) is 31.5 Å². The molecular formula is C17H16N4O3S. The number of imidazole rings is 1. The van der Waals surface area contributed by atoms with Gasteiger partial charge in [-0.3, -0.25) is 4.79 Å². The van der Waals surface area contributed by atoms with E-state index in [0.29, 0.717) is 25.1 Å². The van der Waals surface area contributed by atoms with Crippen LogP contribution in [0.15, 0.2) is 30.6 Å². The van der Waals surface area contributed by atoms with Crippen molar-refractivity contribution in [2.45, 2.75) is 25.3 Å². The number of H-pyrrole nitrogens is 1. The lowest BCUT2D eigenvalue weighted by atomic mass is 10.0. The number of carboxylic acid groups (broad SMARTS) is 1. The van der Waals surface area contributed by atoms with Crippen LogP contribution in [0.3, 0.4) is 0 Å². The van der Waals surface area contributed by atoms with E-state index in [9.17, 15) is 14.7 Å². The highest BCUT2D eigenvalue weighted by Crippen LogP contribution is 2.29. The second-order valence-corrected chi connectivity index (χ2v) is 7.03. The number of aromatic amines is 1. The smallest absolute Gasteiger partial charge is 0.332 e. The van der Waals surface area contributed by atoms with Crippen molar-refractivity contribution in [1.29, 1.82) is 0 Å². The molecule has 1 aromatic carbocycles. The molecule has 0 bridgehead atoms. The first-order valence-corrected chi connectivity index (χ1v) is 8.84. The normalized spacial score (nSPS) is 16.8. The van der Waals surface area contributed by atoms with Crippen molar-refractivity contribution in [3.05, 3.63) is 47.0 Å². The number of aryl methyl sites for hydroxylation is 1. The van der Waals surface area contributed by atoms with E-state index in [-0.39, 0.29) is 12.3 Å². The molecule has 7 nitrogen and oxygen atoms in total. The van der Waals surface area contributed by atoms with Gasteiger partial charge in [-0.1, -0.05) is 12.1 Å². The van der Waals surface area contributed by atoms with Crippen LogP contribution in [0.4, 0.5) is 0 Å². The average molecular weight is 356 g/mol. The largest absolute Gasteiger partial charge is 0.479 e. The molecule has 1 aliphatic heterocycles. The number of nitrogens with one attached hydrogen (secondary N) is 1. The van der Waals surface area contributed by atoms with Crippen molar-refractivity contribution in [2.24, 2.45) is 0 Å². The van der Waals surface area contributed by atoms with Gasteiger partial charge in [-0.05, 0) is 12.1 Å². The van der Waals surface area contributed by atoms with E-state index >= 15 is 0 Å². The Hall–Kier alpha value is -2.74. The third-order valence-electron chi connectivity index (χ3n) is 4.37. The summed E-state index contributed by atoms with van der Waals surface area (Å²) < 4.78 is 1.09. The molecular weight excluding hydrogens is 340 g/mol. The predicted octanol–water partition coefficient (Wildman–Crippen LogP) is 2.16. The highest BCUT2D eigenvalue weighted by atomic mass is 32.1. The minimum Gasteiger partial charge on any atom is -0.479 e. The molecule has 3 heterocycles. The lowest BCUT2D eigenvalue weighted by Gasteiger charge is -2.32. The summed E-state index contributed by atoms with van der Waals surface area (Å²) in [5.74, 6) is -1.23. The van der Waals surface area contributed by atoms with Gasteiger partial charge in [-0.25, -0.2) is 14.8 Å². The first kappa shape index (κ1) is 15.8. The molecule has 0 fully saturated rings. The summed E-state index contributed by atoms with van der Waals surface area (Å²) >= 11 is 1.57. The molecule has 128 valence electrons. The van der Waals surface area contributed by atoms with Gasteiger partial charge in [0.1, 0.15) is 0 Å². The van der Waals surface area contributed by atoms with Crippen LogP contribution in [0.2, 0.25) is 0 Å². The Labute approximate surface area is 147 Å². The monoisotopic (exact) mass is 356 g/mol. The zero-order valence-electron chi connectivity index (χ0n) is 13.3. The molecule has 3 aromatic rings. The quantitative estimate of drug-likeness (QED) is 0.746. The molecule has 8 heteroatoms. The lowest BCUT2D eigenvalue weighted by Crippen LogP contribution is -2.43. The van der Waals surface area contributed by atoms with E-state index in [0.717, 1.165) is 20.9 Å². The maximum Gasteiger partial charge on any atom is 0.332 e. The molecule has 0 saturated carbocycles. The Morgan fingerprint density at radius 2 is 2.20 bits per heavy atom. The van der Waals surface area contributed by atoms with Gasteiger partial charge in [-0.2, -0.15) is 0 Å². The third kappa shape index (κ3) is 2.89. The highest BCUT2D eigenvalue weighted by molar-refractivity contribution is 7.18. The Balaban J connectivity index is 1.49. The molecule has 2 N–H and O–H groups in total. The van der Waals surface area contributed by atoms with E-state index in [1.54, 1.807) is 11.3 Å². The summed E-state index contributed by atoms with van der Waals surface area (Å²) in [6.07, 6.45) is 2.82. The molecule has 1 aliphatic rings. The predicted molar refractivity (Wildman–Crippen MR) is 92.3 cm³/mol. The number of benzene rings is 1. The Morgan fingerprint density at radius 1 is 1.36 bits per heavy atom. The van der Waals surface area contributed by atoms with Crippen LogP contribution in [0.5, 0.6) is 0 Å². The van der Waals surface area contributed by atoms with E-state index < -0.39 is 12.0 Å². The van der Waals surface area contributed by atoms with Crippen LogP contribution < -0.4 is 0 Å². The van der Waals surface area contributed by atoms with Gasteiger partial charge in [0.05, 0.1) is 27.2 Å². The molecule has 2 aromatic heterocycles. The maximum absolute atomic E-state index is 12.6. The molecule has 1 atom stereocenters. The summed E-state index contributed by atoms with van der Waals surface area (Å²) in [5.41, 5.74) is 2.16. The number of hydrogen-bond donors (Lipinski definition) is 2. The first-order chi connectivity index (χ1) is 12.1. The molecule has 4 rings (SSSR count). The van der Waals surface area contributed by atoms with E-state index in [1.165, 1.54) is 11.2 Å². The number of carbonyl (C=O) groups is 2. The summed E-state index contributed by atoms with van der Waals surface area (Å²) in [6, 6.07) is 6.83. The molecule has 0 saturated heterocycles. The van der Waals surface area contributed by atoms with Crippen LogP contribution in [-0.2, 0) is 22.4 Å². The van der Waals surface area contributed by atoms with Crippen molar-refractivity contribution in [3.8, 4) is 0 Å². The molecule has 0 radical (unpaired) electrons. The standard InChI is InChI=1S/C17H16N4O3S/c22-14(6-5-13-20-10-3-1-2-4-12(10)25-13)21-8-7-11-15(19-9-18-11)16(21)17(23)24/h1-4,9,16H,5-8H2,(H,18,19)(H,23,24)/t16-/m0/s1. The fourth-order valence-corrected chi connectivity index (χ4v) is 4.15. The Kier molecular flexibility index (Phi) is 3.96. The average Bonchev–Trinajstić information content (AvgIpc) is 3.24. The van der Waals surface area contributed by atoms with Crippen molar-refractivity contribution in [3.63, 3.8) is 0 Å². The van der Waals surface area contributed by atoms with Crippen molar-refractivity contribution in [1.82, 2.24) is 19.9 Å². The number of fused-ring (bicyclic) bond motifs is 2. The second kappa shape index (κ2) is 6.29. The number of nitrogens with zero attached hydrogens (tertiary/aromatic N) is 3. The number of carboxylic acids is 1. The lowest BCUT2D eigenvalue weighted by molar-refractivity contribution is -0.151. The van der Waals surface area contributed by atoms with E-state index in [2.05, 4.69) is 15.0 Å². The zero-order valence-corrected chi connectivity index (χ0v) is 14.1. The van der Waals surface area contributed by atoms with Crippen LogP contribution in [0.1, 0.15) is 28.9 Å². The number of aliphatic carboxylic acids is 1. The first-order valence-electron chi connectivity index (χ1n) is 8.02. The van der Waals surface area contributed by atoms with Gasteiger partial charge >= 0.3 is 5.97 Å². The van der Waals surface area contributed by atoms with E-state index in [1.807, 2.05) is 24.3 Å². The Bertz CT molecular complexity index is 915. The fourth-order valence-electron chi connectivity index (χ4n) is 3.18.